The molecule has 0 saturated heterocycles. The Labute approximate surface area is 140 Å². The van der Waals surface area contributed by atoms with Crippen molar-refractivity contribution < 1.29 is 10.0 Å². The van der Waals surface area contributed by atoms with Crippen LogP contribution in [0, 0.1) is 0 Å². The number of aryl methyl sites for hydroxylation is 1. The maximum Gasteiger partial charge on any atom is 0.279 e. The number of nitrogens with one attached hydrogen (secondary N) is 2. The third-order valence-electron chi connectivity index (χ3n) is 3.40. The van der Waals surface area contributed by atoms with Gasteiger partial charge in [-0.1, -0.05) is 42.4 Å². The van der Waals surface area contributed by atoms with Gasteiger partial charge in [-0.2, -0.15) is 5.10 Å². The molecule has 0 saturated carbocycles. The molecule has 0 fully saturated rings. The van der Waals surface area contributed by atoms with Gasteiger partial charge in [0.15, 0.2) is 5.71 Å². The fourth-order valence-electron chi connectivity index (χ4n) is 2.01. The van der Waals surface area contributed by atoms with E-state index >= 15 is 0 Å². The van der Waals surface area contributed by atoms with Crippen LogP contribution in [0.25, 0.3) is 0 Å². The number of rotatable bonds is 6. The molecule has 2 aromatic rings. The van der Waals surface area contributed by atoms with Crippen LogP contribution in [0.2, 0.25) is 0 Å². The highest BCUT2D eigenvalue weighted by Gasteiger charge is 2.16. The average molecular weight is 324 g/mol. The Balaban J connectivity index is 2.04. The molecule has 0 spiro atoms. The average Bonchev–Trinajstić information content (AvgIpc) is 2.62. The molecule has 0 heterocycles. The van der Waals surface area contributed by atoms with Crippen molar-refractivity contribution in [2.75, 3.05) is 10.7 Å². The first-order chi connectivity index (χ1) is 11.6. The molecule has 0 atom stereocenters. The van der Waals surface area contributed by atoms with Gasteiger partial charge in [0.05, 0.1) is 11.4 Å². The van der Waals surface area contributed by atoms with Gasteiger partial charge in [-0.3, -0.25) is 10.2 Å². The number of hydrogen-bond donors (Lipinski definition) is 3. The monoisotopic (exact) mass is 324 g/mol. The normalized spacial score (nSPS) is 11.9. The molecule has 3 N–H and O–H groups in total. The highest BCUT2D eigenvalue weighted by molar-refractivity contribution is 6.68. The maximum absolute atomic E-state index is 12.2. The van der Waals surface area contributed by atoms with E-state index in [4.69, 9.17) is 5.21 Å². The minimum Gasteiger partial charge on any atom is -0.410 e. The van der Waals surface area contributed by atoms with Crippen molar-refractivity contribution >= 4 is 28.7 Å². The number of hydrogen-bond acceptors (Lipinski definition) is 5. The zero-order chi connectivity index (χ0) is 17.4. The van der Waals surface area contributed by atoms with E-state index in [0.29, 0.717) is 5.69 Å². The van der Waals surface area contributed by atoms with Crippen LogP contribution in [0.3, 0.4) is 0 Å². The Kier molecular flexibility index (Phi) is 6.08. The van der Waals surface area contributed by atoms with Crippen molar-refractivity contribution in [1.29, 1.82) is 0 Å². The van der Waals surface area contributed by atoms with Gasteiger partial charge in [0.25, 0.3) is 5.91 Å². The van der Waals surface area contributed by atoms with E-state index in [0.717, 1.165) is 12.1 Å². The number of anilines is 2. The van der Waals surface area contributed by atoms with Crippen molar-refractivity contribution in [1.82, 2.24) is 0 Å². The standard InChI is InChI=1S/C18H20N4O2/c1-3-14-9-11-16(12-10-14)21-20-13(2)17(22-24)18(23)19-15-7-5-4-6-8-15/h4-12,21,24H,3H2,1-2H3,(H,19,23)/b20-13+,22-17+. The second-order valence-corrected chi connectivity index (χ2v) is 5.13. The number of benzene rings is 2. The van der Waals surface area contributed by atoms with E-state index in [1.165, 1.54) is 5.56 Å². The number of nitrogens with zero attached hydrogens (tertiary/aromatic N) is 2. The van der Waals surface area contributed by atoms with Crippen LogP contribution < -0.4 is 10.7 Å². The molecular formula is C18H20N4O2. The number of hydrazone groups is 1. The van der Waals surface area contributed by atoms with Crippen LogP contribution in [0.5, 0.6) is 0 Å². The quantitative estimate of drug-likeness (QED) is 0.432. The van der Waals surface area contributed by atoms with Crippen LogP contribution in [0.1, 0.15) is 19.4 Å². The van der Waals surface area contributed by atoms with E-state index < -0.39 is 5.91 Å². The zero-order valence-corrected chi connectivity index (χ0v) is 13.7. The lowest BCUT2D eigenvalue weighted by molar-refractivity contribution is -0.110. The lowest BCUT2D eigenvalue weighted by atomic mass is 10.2. The number of para-hydroxylation sites is 1. The van der Waals surface area contributed by atoms with Gasteiger partial charge in [-0.25, -0.2) is 0 Å². The molecule has 24 heavy (non-hydrogen) atoms. The summed E-state index contributed by atoms with van der Waals surface area (Å²) in [6.45, 7) is 3.67. The Hall–Kier alpha value is -3.15. The van der Waals surface area contributed by atoms with Crippen molar-refractivity contribution in [3.8, 4) is 0 Å². The maximum atomic E-state index is 12.2. The van der Waals surface area contributed by atoms with E-state index in [2.05, 4.69) is 27.9 Å². The highest BCUT2D eigenvalue weighted by Crippen LogP contribution is 2.10. The fourth-order valence-corrected chi connectivity index (χ4v) is 2.01. The minimum absolute atomic E-state index is 0.156. The number of oxime groups is 1. The molecule has 0 bridgehead atoms. The number of carbonyl (C=O) groups excluding carboxylic acids is 1. The van der Waals surface area contributed by atoms with E-state index in [1.807, 2.05) is 30.3 Å². The van der Waals surface area contributed by atoms with Crippen molar-refractivity contribution in [3.05, 3.63) is 60.2 Å². The summed E-state index contributed by atoms with van der Waals surface area (Å²) in [5.41, 5.74) is 5.58. The molecule has 124 valence electrons. The van der Waals surface area contributed by atoms with Gasteiger partial charge in [0.2, 0.25) is 0 Å². The zero-order valence-electron chi connectivity index (χ0n) is 13.7. The molecule has 0 radical (unpaired) electrons. The first-order valence-corrected chi connectivity index (χ1v) is 7.62. The molecule has 0 aromatic heterocycles. The smallest absolute Gasteiger partial charge is 0.279 e. The van der Waals surface area contributed by atoms with Crippen molar-refractivity contribution in [2.45, 2.75) is 20.3 Å². The van der Waals surface area contributed by atoms with Gasteiger partial charge >= 0.3 is 0 Å². The SMILES string of the molecule is CCc1ccc(N/N=C(C)/C(=N\O)C(=O)Nc2ccccc2)cc1. The summed E-state index contributed by atoms with van der Waals surface area (Å²) < 4.78 is 0. The van der Waals surface area contributed by atoms with Crippen LogP contribution in [-0.4, -0.2) is 22.5 Å². The topological polar surface area (TPSA) is 86.1 Å². The molecule has 6 heteroatoms. The Morgan fingerprint density at radius 2 is 1.71 bits per heavy atom. The second-order valence-electron chi connectivity index (χ2n) is 5.13. The van der Waals surface area contributed by atoms with Crippen LogP contribution >= 0.6 is 0 Å². The summed E-state index contributed by atoms with van der Waals surface area (Å²) in [6.07, 6.45) is 0.962. The highest BCUT2D eigenvalue weighted by atomic mass is 16.4. The third-order valence-corrected chi connectivity index (χ3v) is 3.40. The fraction of sp³-hybridized carbons (Fsp3) is 0.167. The lowest BCUT2D eigenvalue weighted by Crippen LogP contribution is -2.29. The molecule has 2 aromatic carbocycles. The summed E-state index contributed by atoms with van der Waals surface area (Å²) in [4.78, 5) is 12.2. The molecule has 1 amide bonds. The summed E-state index contributed by atoms with van der Waals surface area (Å²) >= 11 is 0. The van der Waals surface area contributed by atoms with Gasteiger partial charge in [-0.05, 0) is 43.2 Å². The van der Waals surface area contributed by atoms with E-state index in [1.54, 1.807) is 31.2 Å². The van der Waals surface area contributed by atoms with E-state index in [-0.39, 0.29) is 11.4 Å². The van der Waals surface area contributed by atoms with Gasteiger partial charge in [0.1, 0.15) is 0 Å². The van der Waals surface area contributed by atoms with Gasteiger partial charge in [-0.15, -0.1) is 0 Å². The Bertz CT molecular complexity index is 737. The van der Waals surface area contributed by atoms with Crippen LogP contribution in [0.15, 0.2) is 64.9 Å². The van der Waals surface area contributed by atoms with Gasteiger partial charge in [0, 0.05) is 5.69 Å². The number of amides is 1. The largest absolute Gasteiger partial charge is 0.410 e. The molecule has 0 aliphatic rings. The van der Waals surface area contributed by atoms with Crippen LogP contribution in [0.4, 0.5) is 11.4 Å². The minimum atomic E-state index is -0.534. The summed E-state index contributed by atoms with van der Waals surface area (Å²) in [5, 5.41) is 18.9. The predicted octanol–water partition coefficient (Wildman–Crippen LogP) is 3.51. The molecule has 0 unspecified atom stereocenters. The van der Waals surface area contributed by atoms with Gasteiger partial charge < -0.3 is 10.5 Å². The van der Waals surface area contributed by atoms with Crippen LogP contribution in [-0.2, 0) is 11.2 Å². The Morgan fingerprint density at radius 3 is 2.29 bits per heavy atom. The molecular weight excluding hydrogens is 304 g/mol. The first kappa shape index (κ1) is 17.2. The first-order valence-electron chi connectivity index (χ1n) is 7.62. The third kappa shape index (κ3) is 4.67. The molecule has 0 aliphatic carbocycles. The van der Waals surface area contributed by atoms with Crippen molar-refractivity contribution in [3.63, 3.8) is 0 Å². The summed E-state index contributed by atoms with van der Waals surface area (Å²) in [5.74, 6) is -0.534. The number of carbonyl (C=O) groups is 1. The van der Waals surface area contributed by atoms with E-state index in [9.17, 15) is 4.79 Å². The lowest BCUT2D eigenvalue weighted by Gasteiger charge is -2.07. The molecule has 0 aliphatic heterocycles. The predicted molar refractivity (Wildman–Crippen MR) is 96.8 cm³/mol. The summed E-state index contributed by atoms with van der Waals surface area (Å²) in [7, 11) is 0. The summed E-state index contributed by atoms with van der Waals surface area (Å²) in [6, 6.07) is 16.7. The molecule has 2 rings (SSSR count). The second kappa shape index (κ2) is 8.47. The Morgan fingerprint density at radius 1 is 1.04 bits per heavy atom. The molecule has 6 nitrogen and oxygen atoms in total. The van der Waals surface area contributed by atoms with Crippen molar-refractivity contribution in [2.24, 2.45) is 10.3 Å².